The maximum absolute atomic E-state index is 12.1. The number of hydrogen-bond donors (Lipinski definition) is 1. The molecule has 0 saturated carbocycles. The summed E-state index contributed by atoms with van der Waals surface area (Å²) >= 11 is 1.69. The Bertz CT molecular complexity index is 478. The van der Waals surface area contributed by atoms with Crippen LogP contribution in [0.5, 0.6) is 5.75 Å². The van der Waals surface area contributed by atoms with E-state index in [0.29, 0.717) is 5.92 Å². The number of benzene rings is 1. The molecule has 0 unspecified atom stereocenters. The van der Waals surface area contributed by atoms with E-state index in [1.807, 2.05) is 30.5 Å². The van der Waals surface area contributed by atoms with E-state index in [4.69, 9.17) is 4.74 Å². The molecule has 2 rings (SSSR count). The Labute approximate surface area is 137 Å². The minimum absolute atomic E-state index is 0.0397. The van der Waals surface area contributed by atoms with Gasteiger partial charge in [-0.2, -0.15) is 0 Å². The van der Waals surface area contributed by atoms with Crippen molar-refractivity contribution in [3.8, 4) is 5.75 Å². The Morgan fingerprint density at radius 3 is 2.82 bits per heavy atom. The number of hydrogen-bond acceptors (Lipinski definition) is 4. The van der Waals surface area contributed by atoms with Gasteiger partial charge in [-0.15, -0.1) is 11.8 Å². The summed E-state index contributed by atoms with van der Waals surface area (Å²) in [4.78, 5) is 15.7. The third-order valence-electron chi connectivity index (χ3n) is 4.03. The molecule has 0 bridgehead atoms. The van der Waals surface area contributed by atoms with Crippen LogP contribution in [-0.4, -0.2) is 49.8 Å². The highest BCUT2D eigenvalue weighted by Crippen LogP contribution is 2.20. The lowest BCUT2D eigenvalue weighted by Gasteiger charge is -2.30. The van der Waals surface area contributed by atoms with E-state index in [-0.39, 0.29) is 5.91 Å². The van der Waals surface area contributed by atoms with Crippen molar-refractivity contribution in [3.63, 3.8) is 0 Å². The van der Waals surface area contributed by atoms with Crippen LogP contribution in [0.15, 0.2) is 29.2 Å². The second-order valence-corrected chi connectivity index (χ2v) is 6.83. The lowest BCUT2D eigenvalue weighted by molar-refractivity contribution is -0.127. The summed E-state index contributed by atoms with van der Waals surface area (Å²) in [7, 11) is 2.14. The van der Waals surface area contributed by atoms with E-state index in [1.165, 1.54) is 17.7 Å². The van der Waals surface area contributed by atoms with Gasteiger partial charge in [-0.1, -0.05) is 0 Å². The minimum atomic E-state index is -0.471. The summed E-state index contributed by atoms with van der Waals surface area (Å²) in [5.74, 6) is 1.25. The number of carbonyl (C=O) groups excluding carboxylic acids is 1. The summed E-state index contributed by atoms with van der Waals surface area (Å²) in [6, 6.07) is 7.82. The zero-order chi connectivity index (χ0) is 15.9. The van der Waals surface area contributed by atoms with Crippen molar-refractivity contribution in [1.82, 2.24) is 10.2 Å². The van der Waals surface area contributed by atoms with Gasteiger partial charge in [-0.25, -0.2) is 0 Å². The molecule has 1 aromatic rings. The van der Waals surface area contributed by atoms with Gasteiger partial charge in [0.1, 0.15) is 5.75 Å². The molecule has 1 aliphatic rings. The number of ether oxygens (including phenoxy) is 1. The molecule has 4 nitrogen and oxygen atoms in total. The maximum Gasteiger partial charge on any atom is 0.260 e. The molecule has 1 amide bonds. The van der Waals surface area contributed by atoms with E-state index in [9.17, 15) is 4.79 Å². The number of amides is 1. The number of nitrogens with one attached hydrogen (secondary N) is 1. The Morgan fingerprint density at radius 2 is 2.18 bits per heavy atom. The lowest BCUT2D eigenvalue weighted by atomic mass is 9.98. The third kappa shape index (κ3) is 5.21. The van der Waals surface area contributed by atoms with E-state index in [0.717, 1.165) is 25.4 Å². The number of nitrogens with zero attached hydrogens (tertiary/aromatic N) is 1. The maximum atomic E-state index is 12.1. The molecule has 122 valence electrons. The molecule has 5 heteroatoms. The smallest absolute Gasteiger partial charge is 0.260 e. The Balaban J connectivity index is 1.76. The Kier molecular flexibility index (Phi) is 6.58. The van der Waals surface area contributed by atoms with Crippen LogP contribution in [-0.2, 0) is 4.79 Å². The standard InChI is InChI=1S/C17H26N2O2S/c1-13(21-15-6-8-16(22-3)9-7-15)17(20)18-11-14-5-4-10-19(2)12-14/h6-9,13-14H,4-5,10-12H2,1-3H3,(H,18,20)/t13-,14+/m0/s1. The van der Waals surface area contributed by atoms with Crippen molar-refractivity contribution in [2.24, 2.45) is 5.92 Å². The monoisotopic (exact) mass is 322 g/mol. The number of carbonyl (C=O) groups is 1. The van der Waals surface area contributed by atoms with Gasteiger partial charge in [0.15, 0.2) is 6.10 Å². The van der Waals surface area contributed by atoms with Gasteiger partial charge in [0.25, 0.3) is 5.91 Å². The van der Waals surface area contributed by atoms with Crippen LogP contribution in [0.4, 0.5) is 0 Å². The second kappa shape index (κ2) is 8.44. The van der Waals surface area contributed by atoms with Gasteiger partial charge >= 0.3 is 0 Å². The molecule has 22 heavy (non-hydrogen) atoms. The summed E-state index contributed by atoms with van der Waals surface area (Å²) in [6.07, 6.45) is 3.97. The molecule has 0 aliphatic carbocycles. The normalized spacial score (nSPS) is 20.4. The third-order valence-corrected chi connectivity index (χ3v) is 4.77. The largest absolute Gasteiger partial charge is 0.481 e. The molecule has 1 saturated heterocycles. The quantitative estimate of drug-likeness (QED) is 0.818. The van der Waals surface area contributed by atoms with Crippen LogP contribution in [0.2, 0.25) is 0 Å². The van der Waals surface area contributed by atoms with Gasteiger partial charge in [0.2, 0.25) is 0 Å². The first-order valence-corrected chi connectivity index (χ1v) is 9.08. The summed E-state index contributed by atoms with van der Waals surface area (Å²) in [6.45, 7) is 4.76. The van der Waals surface area contributed by atoms with Crippen LogP contribution >= 0.6 is 11.8 Å². The highest BCUT2D eigenvalue weighted by molar-refractivity contribution is 7.98. The van der Waals surface area contributed by atoms with E-state index in [2.05, 4.69) is 17.3 Å². The number of piperidine rings is 1. The zero-order valence-corrected chi connectivity index (χ0v) is 14.5. The fourth-order valence-corrected chi connectivity index (χ4v) is 3.15. The van der Waals surface area contributed by atoms with E-state index < -0.39 is 6.10 Å². The van der Waals surface area contributed by atoms with Crippen LogP contribution in [0.25, 0.3) is 0 Å². The Hall–Kier alpha value is -1.20. The molecule has 0 spiro atoms. The summed E-state index contributed by atoms with van der Waals surface area (Å²) in [5, 5.41) is 3.02. The first-order valence-electron chi connectivity index (χ1n) is 7.85. The molecule has 1 N–H and O–H groups in total. The highest BCUT2D eigenvalue weighted by Gasteiger charge is 2.20. The average Bonchev–Trinajstić information content (AvgIpc) is 2.53. The topological polar surface area (TPSA) is 41.6 Å². The number of thioether (sulfide) groups is 1. The minimum Gasteiger partial charge on any atom is -0.481 e. The Morgan fingerprint density at radius 1 is 1.45 bits per heavy atom. The zero-order valence-electron chi connectivity index (χ0n) is 13.7. The molecule has 1 aliphatic heterocycles. The van der Waals surface area contributed by atoms with E-state index >= 15 is 0 Å². The molecule has 0 aromatic heterocycles. The van der Waals surface area contributed by atoms with Crippen molar-refractivity contribution >= 4 is 17.7 Å². The summed E-state index contributed by atoms with van der Waals surface area (Å²) in [5.41, 5.74) is 0. The molecular weight excluding hydrogens is 296 g/mol. The predicted molar refractivity (Wildman–Crippen MR) is 91.5 cm³/mol. The van der Waals surface area contributed by atoms with Crippen LogP contribution in [0.3, 0.4) is 0 Å². The number of rotatable bonds is 6. The van der Waals surface area contributed by atoms with Crippen molar-refractivity contribution in [1.29, 1.82) is 0 Å². The van der Waals surface area contributed by atoms with Crippen LogP contribution in [0.1, 0.15) is 19.8 Å². The molecule has 0 radical (unpaired) electrons. The second-order valence-electron chi connectivity index (χ2n) is 5.95. The van der Waals surface area contributed by atoms with Crippen molar-refractivity contribution in [2.75, 3.05) is 32.9 Å². The van der Waals surface area contributed by atoms with Crippen molar-refractivity contribution in [2.45, 2.75) is 30.8 Å². The molecule has 1 aromatic carbocycles. The molecule has 1 fully saturated rings. The SMILES string of the molecule is CSc1ccc(O[C@@H](C)C(=O)NC[C@H]2CCCN(C)C2)cc1. The number of likely N-dealkylation sites (tertiary alicyclic amines) is 1. The fourth-order valence-electron chi connectivity index (χ4n) is 2.74. The van der Waals surface area contributed by atoms with E-state index in [1.54, 1.807) is 18.7 Å². The lowest BCUT2D eigenvalue weighted by Crippen LogP contribution is -2.42. The van der Waals surface area contributed by atoms with Crippen molar-refractivity contribution in [3.05, 3.63) is 24.3 Å². The van der Waals surface area contributed by atoms with Gasteiger partial charge in [-0.3, -0.25) is 4.79 Å². The highest BCUT2D eigenvalue weighted by atomic mass is 32.2. The summed E-state index contributed by atoms with van der Waals surface area (Å²) < 4.78 is 5.70. The van der Waals surface area contributed by atoms with Gasteiger partial charge in [0, 0.05) is 18.0 Å². The van der Waals surface area contributed by atoms with Crippen LogP contribution in [0, 0.1) is 5.92 Å². The van der Waals surface area contributed by atoms with Crippen LogP contribution < -0.4 is 10.1 Å². The van der Waals surface area contributed by atoms with Gasteiger partial charge < -0.3 is 15.0 Å². The predicted octanol–water partition coefficient (Wildman–Crippen LogP) is 2.63. The molecule has 1 heterocycles. The first-order chi connectivity index (χ1) is 10.6. The molecule has 2 atom stereocenters. The van der Waals surface area contributed by atoms with Gasteiger partial charge in [0.05, 0.1) is 0 Å². The van der Waals surface area contributed by atoms with Crippen molar-refractivity contribution < 1.29 is 9.53 Å². The average molecular weight is 322 g/mol. The molecular formula is C17H26N2O2S. The first kappa shape index (κ1) is 17.2. The van der Waals surface area contributed by atoms with Gasteiger partial charge in [-0.05, 0) is 69.8 Å². The fraction of sp³-hybridized carbons (Fsp3) is 0.588.